The standard InChI is InChI=1S/C20H18ClN7OS/c1-2-27-19(14-6-4-3-5-7-14)25-26-20(27)30-11-18(29)24-16-10-15(21)8-9-17(16)28-13-22-12-23-28/h3-10,12-13H,2,11H2,1H3,(H,24,29). The van der Waals surface area contributed by atoms with Crippen LogP contribution in [-0.2, 0) is 11.3 Å². The molecule has 4 rings (SSSR count). The summed E-state index contributed by atoms with van der Waals surface area (Å²) in [6, 6.07) is 15.1. The molecule has 2 aromatic heterocycles. The molecule has 0 aliphatic heterocycles. The Morgan fingerprint density at radius 2 is 2.00 bits per heavy atom. The van der Waals surface area contributed by atoms with E-state index in [2.05, 4.69) is 25.6 Å². The largest absolute Gasteiger partial charge is 0.323 e. The normalized spacial score (nSPS) is 10.9. The van der Waals surface area contributed by atoms with Gasteiger partial charge in [0.25, 0.3) is 0 Å². The maximum Gasteiger partial charge on any atom is 0.234 e. The second-order valence-electron chi connectivity index (χ2n) is 6.25. The van der Waals surface area contributed by atoms with Crippen molar-refractivity contribution in [1.82, 2.24) is 29.5 Å². The van der Waals surface area contributed by atoms with Gasteiger partial charge in [-0.15, -0.1) is 10.2 Å². The lowest BCUT2D eigenvalue weighted by atomic mass is 10.2. The third kappa shape index (κ3) is 4.37. The first-order chi connectivity index (χ1) is 14.7. The van der Waals surface area contributed by atoms with Gasteiger partial charge in [-0.2, -0.15) is 5.10 Å². The van der Waals surface area contributed by atoms with Gasteiger partial charge in [0.05, 0.1) is 17.1 Å². The Morgan fingerprint density at radius 1 is 1.17 bits per heavy atom. The second kappa shape index (κ2) is 9.10. The molecule has 0 saturated carbocycles. The van der Waals surface area contributed by atoms with E-state index in [0.29, 0.717) is 28.1 Å². The molecule has 152 valence electrons. The number of carbonyl (C=O) groups excluding carboxylic acids is 1. The topological polar surface area (TPSA) is 90.5 Å². The van der Waals surface area contributed by atoms with E-state index >= 15 is 0 Å². The first-order valence-electron chi connectivity index (χ1n) is 9.21. The van der Waals surface area contributed by atoms with Crippen molar-refractivity contribution < 1.29 is 4.79 Å². The predicted octanol–water partition coefficient (Wildman–Crippen LogP) is 3.93. The van der Waals surface area contributed by atoms with E-state index in [9.17, 15) is 4.79 Å². The average molecular weight is 440 g/mol. The summed E-state index contributed by atoms with van der Waals surface area (Å²) in [6.45, 7) is 2.72. The minimum Gasteiger partial charge on any atom is -0.323 e. The molecule has 0 radical (unpaired) electrons. The number of anilines is 1. The molecule has 0 atom stereocenters. The van der Waals surface area contributed by atoms with Crippen molar-refractivity contribution in [2.24, 2.45) is 0 Å². The molecular weight excluding hydrogens is 422 g/mol. The Morgan fingerprint density at radius 3 is 2.73 bits per heavy atom. The Labute approximate surface area is 182 Å². The Hall–Kier alpha value is -3.17. The highest BCUT2D eigenvalue weighted by Gasteiger charge is 2.15. The highest BCUT2D eigenvalue weighted by atomic mass is 35.5. The van der Waals surface area contributed by atoms with E-state index in [-0.39, 0.29) is 11.7 Å². The summed E-state index contributed by atoms with van der Waals surface area (Å²) in [5.74, 6) is 0.774. The number of nitrogens with one attached hydrogen (secondary N) is 1. The molecule has 30 heavy (non-hydrogen) atoms. The van der Waals surface area contributed by atoms with Crippen molar-refractivity contribution in [3.8, 4) is 17.1 Å². The molecule has 2 aromatic carbocycles. The van der Waals surface area contributed by atoms with Gasteiger partial charge in [0.1, 0.15) is 12.7 Å². The molecule has 0 aliphatic carbocycles. The molecule has 1 amide bonds. The van der Waals surface area contributed by atoms with Gasteiger partial charge < -0.3 is 9.88 Å². The zero-order valence-electron chi connectivity index (χ0n) is 16.1. The summed E-state index contributed by atoms with van der Waals surface area (Å²) >= 11 is 7.44. The van der Waals surface area contributed by atoms with Crippen LogP contribution in [0.4, 0.5) is 5.69 Å². The van der Waals surface area contributed by atoms with Crippen LogP contribution in [-0.4, -0.2) is 41.2 Å². The van der Waals surface area contributed by atoms with Crippen LogP contribution in [0.1, 0.15) is 6.92 Å². The van der Waals surface area contributed by atoms with Crippen molar-refractivity contribution in [2.75, 3.05) is 11.1 Å². The molecule has 0 aliphatic rings. The molecule has 8 nitrogen and oxygen atoms in total. The zero-order chi connectivity index (χ0) is 20.9. The van der Waals surface area contributed by atoms with E-state index < -0.39 is 0 Å². The van der Waals surface area contributed by atoms with Crippen LogP contribution in [0.2, 0.25) is 5.02 Å². The molecule has 0 fully saturated rings. The third-order valence-corrected chi connectivity index (χ3v) is 5.50. The van der Waals surface area contributed by atoms with Crippen LogP contribution in [0.5, 0.6) is 0 Å². The van der Waals surface area contributed by atoms with E-state index in [1.165, 1.54) is 18.1 Å². The summed E-state index contributed by atoms with van der Waals surface area (Å²) in [7, 11) is 0. The van der Waals surface area contributed by atoms with Gasteiger partial charge in [-0.3, -0.25) is 4.79 Å². The number of halogens is 1. The molecule has 0 saturated heterocycles. The lowest BCUT2D eigenvalue weighted by molar-refractivity contribution is -0.113. The number of thioether (sulfide) groups is 1. The fourth-order valence-corrected chi connectivity index (χ4v) is 3.91. The number of rotatable bonds is 7. The van der Waals surface area contributed by atoms with E-state index in [4.69, 9.17) is 11.6 Å². The van der Waals surface area contributed by atoms with Gasteiger partial charge in [-0.1, -0.05) is 53.7 Å². The molecule has 10 heteroatoms. The highest BCUT2D eigenvalue weighted by Crippen LogP contribution is 2.26. The predicted molar refractivity (Wildman–Crippen MR) is 117 cm³/mol. The van der Waals surface area contributed by atoms with Crippen LogP contribution in [0.15, 0.2) is 66.3 Å². The molecule has 0 bridgehead atoms. The average Bonchev–Trinajstić information content (AvgIpc) is 3.43. The summed E-state index contributed by atoms with van der Waals surface area (Å²) in [5, 5.41) is 16.8. The smallest absolute Gasteiger partial charge is 0.234 e. The minimum absolute atomic E-state index is 0.177. The molecule has 2 heterocycles. The lowest BCUT2D eigenvalue weighted by Gasteiger charge is -2.11. The van der Waals surface area contributed by atoms with Crippen molar-refractivity contribution >= 4 is 35.0 Å². The van der Waals surface area contributed by atoms with Crippen LogP contribution >= 0.6 is 23.4 Å². The maximum absolute atomic E-state index is 12.6. The number of carbonyl (C=O) groups is 1. The number of benzene rings is 2. The molecule has 0 spiro atoms. The first-order valence-corrected chi connectivity index (χ1v) is 10.6. The van der Waals surface area contributed by atoms with Crippen LogP contribution in [0.3, 0.4) is 0 Å². The fourth-order valence-electron chi connectivity index (χ4n) is 2.94. The zero-order valence-corrected chi connectivity index (χ0v) is 17.6. The van der Waals surface area contributed by atoms with Crippen molar-refractivity contribution in [3.63, 3.8) is 0 Å². The van der Waals surface area contributed by atoms with Crippen molar-refractivity contribution in [2.45, 2.75) is 18.6 Å². The quantitative estimate of drug-likeness (QED) is 0.439. The minimum atomic E-state index is -0.185. The fraction of sp³-hybridized carbons (Fsp3) is 0.150. The highest BCUT2D eigenvalue weighted by molar-refractivity contribution is 7.99. The molecule has 1 N–H and O–H groups in total. The van der Waals surface area contributed by atoms with E-state index in [0.717, 1.165) is 11.4 Å². The van der Waals surface area contributed by atoms with E-state index in [1.54, 1.807) is 29.2 Å². The number of hydrogen-bond donors (Lipinski definition) is 1. The van der Waals surface area contributed by atoms with Crippen molar-refractivity contribution in [3.05, 3.63) is 66.2 Å². The first kappa shape index (κ1) is 20.1. The van der Waals surface area contributed by atoms with Gasteiger partial charge in [0.15, 0.2) is 11.0 Å². The summed E-state index contributed by atoms with van der Waals surface area (Å²) < 4.78 is 3.56. The number of aromatic nitrogens is 6. The van der Waals surface area contributed by atoms with Gasteiger partial charge in [-0.25, -0.2) is 9.67 Å². The second-order valence-corrected chi connectivity index (χ2v) is 7.63. The van der Waals surface area contributed by atoms with Crippen LogP contribution in [0.25, 0.3) is 17.1 Å². The van der Waals surface area contributed by atoms with Gasteiger partial charge >= 0.3 is 0 Å². The van der Waals surface area contributed by atoms with Crippen LogP contribution < -0.4 is 5.32 Å². The number of hydrogen-bond acceptors (Lipinski definition) is 6. The Kier molecular flexibility index (Phi) is 6.10. The molecule has 0 unspecified atom stereocenters. The summed E-state index contributed by atoms with van der Waals surface area (Å²) in [5.41, 5.74) is 2.22. The molecule has 4 aromatic rings. The van der Waals surface area contributed by atoms with Crippen LogP contribution in [0, 0.1) is 0 Å². The number of amides is 1. The van der Waals surface area contributed by atoms with E-state index in [1.807, 2.05) is 41.8 Å². The van der Waals surface area contributed by atoms with Gasteiger partial charge in [0, 0.05) is 17.1 Å². The third-order valence-electron chi connectivity index (χ3n) is 4.30. The van der Waals surface area contributed by atoms with Crippen molar-refractivity contribution in [1.29, 1.82) is 0 Å². The molecular formula is C20H18ClN7OS. The Balaban J connectivity index is 1.48. The SMILES string of the molecule is CCn1c(SCC(=O)Nc2cc(Cl)ccc2-n2cncn2)nnc1-c1ccccc1. The van der Waals surface area contributed by atoms with Gasteiger partial charge in [-0.05, 0) is 25.1 Å². The maximum atomic E-state index is 12.6. The summed E-state index contributed by atoms with van der Waals surface area (Å²) in [6.07, 6.45) is 2.99. The number of nitrogens with zero attached hydrogens (tertiary/aromatic N) is 6. The monoisotopic (exact) mass is 439 g/mol. The van der Waals surface area contributed by atoms with Gasteiger partial charge in [0.2, 0.25) is 5.91 Å². The summed E-state index contributed by atoms with van der Waals surface area (Å²) in [4.78, 5) is 16.6. The Bertz CT molecular complexity index is 1150. The lowest BCUT2D eigenvalue weighted by Crippen LogP contribution is -2.16.